The summed E-state index contributed by atoms with van der Waals surface area (Å²) in [6, 6.07) is 5.20. The Balaban J connectivity index is 0.000000207. The van der Waals surface area contributed by atoms with Gasteiger partial charge in [0.2, 0.25) is 0 Å². The molecule has 0 aliphatic carbocycles. The third-order valence-electron chi connectivity index (χ3n) is 3.59. The van der Waals surface area contributed by atoms with Crippen LogP contribution in [0.1, 0.15) is 48.4 Å². The third-order valence-corrected chi connectivity index (χ3v) is 3.59. The van der Waals surface area contributed by atoms with Gasteiger partial charge in [0.15, 0.2) is 0 Å². The molecule has 0 radical (unpaired) electrons. The quantitative estimate of drug-likeness (QED) is 0.624. The fourth-order valence-electron chi connectivity index (χ4n) is 2.20. The van der Waals surface area contributed by atoms with Crippen LogP contribution in [0.2, 0.25) is 0 Å². The molecular formula is C18H28N2O6. The number of carbonyl (C=O) groups is 2. The minimum Gasteiger partial charge on any atom is -0.478 e. The largest absolute Gasteiger partial charge is 0.478 e. The molecule has 0 spiro atoms. The molecule has 0 saturated carbocycles. The average molecular weight is 368 g/mol. The van der Waals surface area contributed by atoms with Crippen LogP contribution < -0.4 is 10.6 Å². The first-order valence-electron chi connectivity index (χ1n) is 8.37. The van der Waals surface area contributed by atoms with Gasteiger partial charge < -0.3 is 19.7 Å². The number of hydrogen-bond acceptors (Lipinski definition) is 6. The molecule has 1 aromatic carbocycles. The second-order valence-electron chi connectivity index (χ2n) is 6.76. The lowest BCUT2D eigenvalue weighted by Crippen LogP contribution is -2.33. The summed E-state index contributed by atoms with van der Waals surface area (Å²) in [7, 11) is 0. The maximum atomic E-state index is 10.4. The average Bonchev–Trinajstić information content (AvgIpc) is 3.15. The summed E-state index contributed by atoms with van der Waals surface area (Å²) >= 11 is 0. The molecule has 2 aliphatic heterocycles. The minimum absolute atomic E-state index is 0.0186. The zero-order valence-corrected chi connectivity index (χ0v) is 15.7. The van der Waals surface area contributed by atoms with E-state index in [1.807, 2.05) is 27.7 Å². The molecular weight excluding hydrogens is 340 g/mol. The fraction of sp³-hybridized carbons (Fsp3) is 0.556. The molecule has 3 rings (SSSR count). The lowest BCUT2D eigenvalue weighted by molar-refractivity contribution is 0.0230. The molecule has 0 atom stereocenters. The standard InChI is InChI=1S/C8H6O4.2C5H11NO/c9-7(10)5-2-1-3-6(4-5)8(11)12;2*1-5(2)6-3-4-7-5/h1-4H,(H,9,10)(H,11,12);2*6H,3-4H2,1-2H3. The Morgan fingerprint density at radius 3 is 1.46 bits per heavy atom. The van der Waals surface area contributed by atoms with Gasteiger partial charge in [-0.1, -0.05) is 6.07 Å². The number of rotatable bonds is 2. The van der Waals surface area contributed by atoms with Crippen molar-refractivity contribution in [3.05, 3.63) is 35.4 Å². The molecule has 8 nitrogen and oxygen atoms in total. The van der Waals surface area contributed by atoms with Crippen molar-refractivity contribution < 1.29 is 29.3 Å². The predicted octanol–water partition coefficient (Wildman–Crippen LogP) is 1.77. The van der Waals surface area contributed by atoms with Crippen molar-refractivity contribution in [1.82, 2.24) is 10.6 Å². The lowest BCUT2D eigenvalue weighted by atomic mass is 10.1. The normalized spacial score (nSPS) is 19.5. The van der Waals surface area contributed by atoms with Crippen LogP contribution >= 0.6 is 0 Å². The molecule has 0 amide bonds. The highest BCUT2D eigenvalue weighted by Crippen LogP contribution is 2.08. The highest BCUT2D eigenvalue weighted by atomic mass is 16.5. The molecule has 0 unspecified atom stereocenters. The van der Waals surface area contributed by atoms with Crippen LogP contribution in [0.25, 0.3) is 0 Å². The van der Waals surface area contributed by atoms with Gasteiger partial charge in [-0.3, -0.25) is 10.6 Å². The van der Waals surface area contributed by atoms with E-state index in [0.29, 0.717) is 0 Å². The number of benzene rings is 1. The maximum absolute atomic E-state index is 10.4. The molecule has 2 aliphatic rings. The summed E-state index contributed by atoms with van der Waals surface area (Å²) in [5.41, 5.74) is -0.148. The molecule has 8 heteroatoms. The van der Waals surface area contributed by atoms with Gasteiger partial charge >= 0.3 is 11.9 Å². The van der Waals surface area contributed by atoms with Gasteiger partial charge in [0.05, 0.1) is 24.3 Å². The molecule has 2 fully saturated rings. The minimum atomic E-state index is -1.13. The van der Waals surface area contributed by atoms with Gasteiger partial charge in [0.1, 0.15) is 11.4 Å². The predicted molar refractivity (Wildman–Crippen MR) is 96.4 cm³/mol. The van der Waals surface area contributed by atoms with E-state index in [-0.39, 0.29) is 22.6 Å². The Labute approximate surface area is 153 Å². The van der Waals surface area contributed by atoms with Crippen LogP contribution in [0, 0.1) is 0 Å². The van der Waals surface area contributed by atoms with Gasteiger partial charge in [-0.05, 0) is 45.9 Å². The Hall–Kier alpha value is -2.00. The van der Waals surface area contributed by atoms with Crippen molar-refractivity contribution in [2.24, 2.45) is 0 Å². The number of ether oxygens (including phenoxy) is 2. The highest BCUT2D eigenvalue weighted by molar-refractivity contribution is 5.93. The van der Waals surface area contributed by atoms with Gasteiger partial charge in [-0.15, -0.1) is 0 Å². The summed E-state index contributed by atoms with van der Waals surface area (Å²) in [4.78, 5) is 20.8. The molecule has 1 aromatic rings. The van der Waals surface area contributed by atoms with Crippen LogP contribution in [0.3, 0.4) is 0 Å². The molecule has 2 heterocycles. The first-order chi connectivity index (χ1) is 12.0. The molecule has 26 heavy (non-hydrogen) atoms. The smallest absolute Gasteiger partial charge is 0.335 e. The Morgan fingerprint density at radius 1 is 0.885 bits per heavy atom. The van der Waals surface area contributed by atoms with E-state index in [9.17, 15) is 9.59 Å². The van der Waals surface area contributed by atoms with Crippen LogP contribution in [0.15, 0.2) is 24.3 Å². The number of carboxylic acid groups (broad SMARTS) is 2. The Bertz CT molecular complexity index is 550. The van der Waals surface area contributed by atoms with E-state index in [1.54, 1.807) is 0 Å². The van der Waals surface area contributed by atoms with Crippen LogP contribution in [-0.2, 0) is 9.47 Å². The van der Waals surface area contributed by atoms with E-state index in [1.165, 1.54) is 18.2 Å². The zero-order chi connectivity index (χ0) is 19.8. The molecule has 4 N–H and O–H groups in total. The maximum Gasteiger partial charge on any atom is 0.335 e. The van der Waals surface area contributed by atoms with Gasteiger partial charge in [-0.2, -0.15) is 0 Å². The first kappa shape index (κ1) is 22.0. The zero-order valence-electron chi connectivity index (χ0n) is 15.7. The number of nitrogens with one attached hydrogen (secondary N) is 2. The second-order valence-corrected chi connectivity index (χ2v) is 6.76. The van der Waals surface area contributed by atoms with Gasteiger partial charge in [0, 0.05) is 13.1 Å². The lowest BCUT2D eigenvalue weighted by Gasteiger charge is -2.15. The van der Waals surface area contributed by atoms with E-state index in [2.05, 4.69) is 10.6 Å². The third kappa shape index (κ3) is 8.39. The summed E-state index contributed by atoms with van der Waals surface area (Å²) in [6.07, 6.45) is 0. The summed E-state index contributed by atoms with van der Waals surface area (Å²) < 4.78 is 10.5. The summed E-state index contributed by atoms with van der Waals surface area (Å²) in [5, 5.41) is 23.3. The monoisotopic (exact) mass is 368 g/mol. The summed E-state index contributed by atoms with van der Waals surface area (Å²) in [6.45, 7) is 11.8. The topological polar surface area (TPSA) is 117 Å². The molecule has 0 bridgehead atoms. The van der Waals surface area contributed by atoms with Crippen LogP contribution in [0.4, 0.5) is 0 Å². The van der Waals surface area contributed by atoms with Crippen LogP contribution in [-0.4, -0.2) is 59.9 Å². The number of carboxylic acids is 2. The molecule has 2 saturated heterocycles. The molecule has 0 aromatic heterocycles. The van der Waals surface area contributed by atoms with Crippen molar-refractivity contribution in [2.75, 3.05) is 26.3 Å². The van der Waals surface area contributed by atoms with Crippen LogP contribution in [0.5, 0.6) is 0 Å². The van der Waals surface area contributed by atoms with E-state index >= 15 is 0 Å². The van der Waals surface area contributed by atoms with Gasteiger partial charge in [0.25, 0.3) is 0 Å². The summed E-state index contributed by atoms with van der Waals surface area (Å²) in [5.74, 6) is -2.25. The first-order valence-corrected chi connectivity index (χ1v) is 8.37. The van der Waals surface area contributed by atoms with E-state index in [0.717, 1.165) is 32.4 Å². The van der Waals surface area contributed by atoms with Crippen molar-refractivity contribution in [3.63, 3.8) is 0 Å². The highest BCUT2D eigenvalue weighted by Gasteiger charge is 2.22. The number of hydrogen-bond donors (Lipinski definition) is 4. The fourth-order valence-corrected chi connectivity index (χ4v) is 2.20. The Kier molecular flexibility index (Phi) is 8.16. The van der Waals surface area contributed by atoms with Crippen molar-refractivity contribution in [2.45, 2.75) is 39.1 Å². The van der Waals surface area contributed by atoms with Gasteiger partial charge in [-0.25, -0.2) is 9.59 Å². The van der Waals surface area contributed by atoms with Crippen molar-refractivity contribution >= 4 is 11.9 Å². The Morgan fingerprint density at radius 2 is 1.27 bits per heavy atom. The van der Waals surface area contributed by atoms with Crippen molar-refractivity contribution in [3.8, 4) is 0 Å². The van der Waals surface area contributed by atoms with E-state index in [4.69, 9.17) is 19.7 Å². The second kappa shape index (κ2) is 9.63. The van der Waals surface area contributed by atoms with Crippen molar-refractivity contribution in [1.29, 1.82) is 0 Å². The SMILES string of the molecule is CC1(C)NCCO1.CC1(C)NCCO1.O=C(O)c1cccc(C(=O)O)c1. The number of aromatic carboxylic acids is 2. The molecule has 146 valence electrons. The van der Waals surface area contributed by atoms with E-state index < -0.39 is 11.9 Å².